The van der Waals surface area contributed by atoms with Crippen LogP contribution in [0.15, 0.2) is 78.6 Å². The molecule has 0 aromatic heterocycles. The zero-order chi connectivity index (χ0) is 30.5. The summed E-state index contributed by atoms with van der Waals surface area (Å²) in [5.74, 6) is -5.14. The molecule has 2 aliphatic rings. The van der Waals surface area contributed by atoms with Crippen LogP contribution in [0.5, 0.6) is 23.0 Å². The number of rotatable bonds is 2. The molecule has 0 saturated heterocycles. The average molecular weight is 577 g/mol. The fourth-order valence-corrected chi connectivity index (χ4v) is 6.87. The van der Waals surface area contributed by atoms with Gasteiger partial charge in [0.2, 0.25) is 11.5 Å². The van der Waals surface area contributed by atoms with Crippen molar-refractivity contribution >= 4 is 16.5 Å². The molecule has 43 heavy (non-hydrogen) atoms. The summed E-state index contributed by atoms with van der Waals surface area (Å²) in [6.07, 6.45) is -3.70. The van der Waals surface area contributed by atoms with Crippen LogP contribution in [-0.2, 0) is 5.41 Å². The maximum absolute atomic E-state index is 11.5. The smallest absolute Gasteiger partial charge is 0.204 e. The number of hydrogen-bond donors (Lipinski definition) is 8. The monoisotopic (exact) mass is 576 g/mol. The second kappa shape index (κ2) is 8.91. The van der Waals surface area contributed by atoms with E-state index in [4.69, 9.17) is 0 Å². The number of aliphatic hydroxyl groups excluding tert-OH is 4. The maximum atomic E-state index is 11.5. The van der Waals surface area contributed by atoms with Gasteiger partial charge in [0.25, 0.3) is 0 Å². The van der Waals surface area contributed by atoms with Gasteiger partial charge in [0.1, 0.15) is 12.2 Å². The summed E-state index contributed by atoms with van der Waals surface area (Å²) in [7, 11) is 0. The first-order chi connectivity index (χ1) is 20.5. The van der Waals surface area contributed by atoms with Crippen LogP contribution in [0, 0.1) is 0 Å². The van der Waals surface area contributed by atoms with Crippen LogP contribution in [0.1, 0.15) is 42.2 Å². The molecule has 8 heteroatoms. The Hall–Kier alpha value is -5.18. The third-order valence-corrected chi connectivity index (χ3v) is 8.97. The Balaban J connectivity index is 1.71. The highest BCUT2D eigenvalue weighted by Crippen LogP contribution is 2.59. The largest absolute Gasteiger partial charge is 0.506 e. The molecular formula is C35H28O8. The van der Waals surface area contributed by atoms with Gasteiger partial charge in [-0.15, -0.1) is 0 Å². The predicted molar refractivity (Wildman–Crippen MR) is 162 cm³/mol. The van der Waals surface area contributed by atoms with E-state index in [1.807, 2.05) is 30.3 Å². The molecule has 216 valence electrons. The van der Waals surface area contributed by atoms with Gasteiger partial charge >= 0.3 is 0 Å². The molecule has 0 fully saturated rings. The Morgan fingerprint density at radius 1 is 0.535 bits per heavy atom. The normalized spacial score (nSPS) is 18.4. The quantitative estimate of drug-likeness (QED) is 0.0873. The first-order valence-electron chi connectivity index (χ1n) is 13.7. The maximum Gasteiger partial charge on any atom is 0.204 e. The molecule has 5 aromatic carbocycles. The highest BCUT2D eigenvalue weighted by atomic mass is 16.4. The molecule has 2 atom stereocenters. The van der Waals surface area contributed by atoms with Crippen LogP contribution < -0.4 is 0 Å². The number of phenols is 4. The van der Waals surface area contributed by atoms with Crippen molar-refractivity contribution in [1.82, 2.24) is 0 Å². The number of benzene rings is 5. The van der Waals surface area contributed by atoms with E-state index in [0.717, 1.165) is 22.3 Å². The number of hydrogen-bond acceptors (Lipinski definition) is 8. The zero-order valence-corrected chi connectivity index (χ0v) is 23.2. The molecule has 8 nitrogen and oxygen atoms in total. The highest BCUT2D eigenvalue weighted by Gasteiger charge is 2.42. The minimum atomic E-state index is -1.91. The Morgan fingerprint density at radius 3 is 1.79 bits per heavy atom. The molecule has 8 N–H and O–H groups in total. The lowest BCUT2D eigenvalue weighted by atomic mass is 9.75. The fourth-order valence-electron chi connectivity index (χ4n) is 6.87. The van der Waals surface area contributed by atoms with Crippen molar-refractivity contribution in [3.8, 4) is 56.4 Å². The summed E-state index contributed by atoms with van der Waals surface area (Å²) in [5, 5.41) is 88.2. The second-order valence-electron chi connectivity index (χ2n) is 11.6. The lowest BCUT2D eigenvalue weighted by Crippen LogP contribution is -2.28. The SMILES string of the molecule is CC1(C)c2ccccc2-c2ccc(-c3c4c(c(-c5ccccc5)c5c(O)c(O)c(O)c(O)c35)C(O)=C(O)C(O)C4O)cc21. The van der Waals surface area contributed by atoms with E-state index < -0.39 is 52.1 Å². The third-order valence-electron chi connectivity index (χ3n) is 8.97. The summed E-state index contributed by atoms with van der Waals surface area (Å²) in [5.41, 5.74) is 4.47. The van der Waals surface area contributed by atoms with Crippen molar-refractivity contribution in [1.29, 1.82) is 0 Å². The van der Waals surface area contributed by atoms with Crippen LogP contribution >= 0.6 is 0 Å². The molecule has 5 aromatic rings. The van der Waals surface area contributed by atoms with Gasteiger partial charge in [-0.25, -0.2) is 0 Å². The van der Waals surface area contributed by atoms with Gasteiger partial charge in [-0.1, -0.05) is 80.6 Å². The second-order valence-corrected chi connectivity index (χ2v) is 11.6. The van der Waals surface area contributed by atoms with E-state index in [1.165, 1.54) is 0 Å². The minimum absolute atomic E-state index is 0.0396. The zero-order valence-electron chi connectivity index (χ0n) is 23.2. The molecule has 0 saturated carbocycles. The van der Waals surface area contributed by atoms with Crippen LogP contribution in [0.2, 0.25) is 0 Å². The van der Waals surface area contributed by atoms with Gasteiger partial charge in [0.15, 0.2) is 23.0 Å². The van der Waals surface area contributed by atoms with E-state index >= 15 is 0 Å². The van der Waals surface area contributed by atoms with Gasteiger partial charge < -0.3 is 40.9 Å². The van der Waals surface area contributed by atoms with Crippen molar-refractivity contribution in [3.05, 3.63) is 101 Å². The lowest BCUT2D eigenvalue weighted by Gasteiger charge is -2.32. The summed E-state index contributed by atoms with van der Waals surface area (Å²) < 4.78 is 0. The Kier molecular flexibility index (Phi) is 5.53. The first kappa shape index (κ1) is 26.7. The number of fused-ring (bicyclic) bond motifs is 5. The Morgan fingerprint density at radius 2 is 1.12 bits per heavy atom. The molecule has 0 bridgehead atoms. The van der Waals surface area contributed by atoms with Crippen LogP contribution in [0.3, 0.4) is 0 Å². The lowest BCUT2D eigenvalue weighted by molar-refractivity contribution is 0.0128. The summed E-state index contributed by atoms with van der Waals surface area (Å²) in [6, 6.07) is 21.9. The van der Waals surface area contributed by atoms with Crippen LogP contribution in [-0.4, -0.2) is 47.0 Å². The molecule has 0 spiro atoms. The molecule has 2 unspecified atom stereocenters. The van der Waals surface area contributed by atoms with E-state index in [-0.39, 0.29) is 33.0 Å². The molecule has 2 aliphatic carbocycles. The van der Waals surface area contributed by atoms with Gasteiger partial charge in [0, 0.05) is 38.4 Å². The standard InChI is InChI=1S/C35H28O8/c1-35(2)19-11-7-6-10-17(19)18-13-12-16(14-20(18)35)22-25-23(27(36)31(40)33(42)29(25)38)21(15-8-4-3-5-9-15)24-26(22)30(39)34(43)32(41)28(24)37/h3-14,29,33,36-43H,1-2H3. The topological polar surface area (TPSA) is 162 Å². The minimum Gasteiger partial charge on any atom is -0.506 e. The van der Waals surface area contributed by atoms with Crippen molar-refractivity contribution in [2.45, 2.75) is 31.5 Å². The number of aromatic hydroxyl groups is 4. The van der Waals surface area contributed by atoms with Gasteiger partial charge in [-0.3, -0.25) is 0 Å². The Bertz CT molecular complexity index is 2040. The third kappa shape index (κ3) is 3.39. The Labute approximate surface area is 245 Å². The summed E-state index contributed by atoms with van der Waals surface area (Å²) >= 11 is 0. The van der Waals surface area contributed by atoms with Crippen molar-refractivity contribution in [3.63, 3.8) is 0 Å². The summed E-state index contributed by atoms with van der Waals surface area (Å²) in [4.78, 5) is 0. The van der Waals surface area contributed by atoms with E-state index in [1.54, 1.807) is 36.4 Å². The molecule has 0 heterocycles. The van der Waals surface area contributed by atoms with Gasteiger partial charge in [-0.05, 0) is 39.4 Å². The number of aliphatic hydroxyl groups is 4. The van der Waals surface area contributed by atoms with Gasteiger partial charge in [0.05, 0.1) is 0 Å². The van der Waals surface area contributed by atoms with Crippen molar-refractivity contribution in [2.24, 2.45) is 0 Å². The molecular weight excluding hydrogens is 548 g/mol. The molecule has 7 rings (SSSR count). The number of phenolic OH excluding ortho intramolecular Hbond substituents is 4. The molecule has 0 amide bonds. The van der Waals surface area contributed by atoms with Crippen LogP contribution in [0.4, 0.5) is 0 Å². The fraction of sp³-hybridized carbons (Fsp3) is 0.143. The van der Waals surface area contributed by atoms with Crippen molar-refractivity contribution in [2.75, 3.05) is 0 Å². The van der Waals surface area contributed by atoms with Crippen molar-refractivity contribution < 1.29 is 40.9 Å². The van der Waals surface area contributed by atoms with E-state index in [9.17, 15) is 40.9 Å². The molecule has 0 radical (unpaired) electrons. The summed E-state index contributed by atoms with van der Waals surface area (Å²) in [6.45, 7) is 4.15. The van der Waals surface area contributed by atoms with Crippen LogP contribution in [0.25, 0.3) is 49.9 Å². The average Bonchev–Trinajstić information content (AvgIpc) is 3.25. The predicted octanol–water partition coefficient (Wildman–Crippen LogP) is 6.50. The highest BCUT2D eigenvalue weighted by molar-refractivity contribution is 6.17. The van der Waals surface area contributed by atoms with E-state index in [2.05, 4.69) is 19.9 Å². The first-order valence-corrected chi connectivity index (χ1v) is 13.7. The van der Waals surface area contributed by atoms with Gasteiger partial charge in [-0.2, -0.15) is 0 Å². The van der Waals surface area contributed by atoms with E-state index in [0.29, 0.717) is 11.1 Å². The molecule has 0 aliphatic heterocycles.